The Morgan fingerprint density at radius 1 is 1.08 bits per heavy atom. The molecule has 0 aromatic heterocycles. The van der Waals surface area contributed by atoms with E-state index in [-0.39, 0.29) is 17.9 Å². The fraction of sp³-hybridized carbons (Fsp3) is 0.588. The van der Waals surface area contributed by atoms with Crippen LogP contribution in [0.5, 0.6) is 11.5 Å². The van der Waals surface area contributed by atoms with E-state index in [1.807, 2.05) is 0 Å². The summed E-state index contributed by atoms with van der Waals surface area (Å²) in [5, 5.41) is 0. The number of nitrogens with zero attached hydrogens (tertiary/aromatic N) is 1. The van der Waals surface area contributed by atoms with Crippen LogP contribution in [0.1, 0.15) is 31.7 Å². The fourth-order valence-electron chi connectivity index (χ4n) is 2.89. The predicted octanol–water partition coefficient (Wildman–Crippen LogP) is 1.98. The van der Waals surface area contributed by atoms with Crippen LogP contribution < -0.4 is 9.47 Å². The van der Waals surface area contributed by atoms with Crippen molar-refractivity contribution in [3.63, 3.8) is 0 Å². The maximum Gasteiger partial charge on any atom is 0.310 e. The normalized spacial score (nSPS) is 15.6. The summed E-state index contributed by atoms with van der Waals surface area (Å²) in [5.74, 6) is 0.204. The molecular formula is C17H25NO6S. The number of carbonyl (C=O) groups is 1. The van der Waals surface area contributed by atoms with E-state index in [0.29, 0.717) is 30.2 Å². The summed E-state index contributed by atoms with van der Waals surface area (Å²) in [6.45, 7) is 2.91. The quantitative estimate of drug-likeness (QED) is 0.682. The Morgan fingerprint density at radius 2 is 1.68 bits per heavy atom. The van der Waals surface area contributed by atoms with E-state index in [2.05, 4.69) is 0 Å². The molecule has 1 heterocycles. The lowest BCUT2D eigenvalue weighted by Crippen LogP contribution is -2.36. The van der Waals surface area contributed by atoms with E-state index >= 15 is 0 Å². The van der Waals surface area contributed by atoms with Gasteiger partial charge in [0.15, 0.2) is 11.5 Å². The van der Waals surface area contributed by atoms with Crippen molar-refractivity contribution in [2.45, 2.75) is 37.5 Å². The third-order valence-corrected chi connectivity index (χ3v) is 6.12. The largest absolute Gasteiger partial charge is 0.493 e. The van der Waals surface area contributed by atoms with Gasteiger partial charge in [-0.3, -0.25) is 4.79 Å². The topological polar surface area (TPSA) is 82.1 Å². The van der Waals surface area contributed by atoms with Crippen LogP contribution in [0, 0.1) is 0 Å². The molecule has 1 aliphatic rings. The van der Waals surface area contributed by atoms with Crippen LogP contribution in [-0.2, 0) is 26.0 Å². The summed E-state index contributed by atoms with van der Waals surface area (Å²) in [6, 6.07) is 2.96. The zero-order valence-corrected chi connectivity index (χ0v) is 15.7. The minimum absolute atomic E-state index is 0.0695. The number of ether oxygens (including phenoxy) is 3. The minimum Gasteiger partial charge on any atom is -0.493 e. The minimum atomic E-state index is -3.72. The lowest BCUT2D eigenvalue weighted by molar-refractivity contribution is -0.142. The second-order valence-corrected chi connectivity index (χ2v) is 7.67. The average Bonchev–Trinajstić information content (AvgIpc) is 2.62. The molecule has 0 unspecified atom stereocenters. The number of hydrogen-bond acceptors (Lipinski definition) is 6. The van der Waals surface area contributed by atoms with Crippen LogP contribution in [0.25, 0.3) is 0 Å². The molecule has 0 aliphatic carbocycles. The van der Waals surface area contributed by atoms with Gasteiger partial charge in [-0.1, -0.05) is 6.42 Å². The van der Waals surface area contributed by atoms with Gasteiger partial charge in [-0.2, -0.15) is 4.31 Å². The molecule has 0 amide bonds. The molecule has 1 fully saturated rings. The standard InChI is InChI=1S/C17H25NO6S/c1-4-24-17(19)11-13-10-14(22-2)15(23-3)12-16(13)25(20,21)18-8-6-5-7-9-18/h10,12H,4-9,11H2,1-3H3. The third kappa shape index (κ3) is 4.43. The molecule has 0 saturated carbocycles. The molecule has 1 aliphatic heterocycles. The predicted molar refractivity (Wildman–Crippen MR) is 92.5 cm³/mol. The molecule has 2 rings (SSSR count). The first-order chi connectivity index (χ1) is 11.9. The lowest BCUT2D eigenvalue weighted by Gasteiger charge is -2.27. The molecule has 140 valence electrons. The molecule has 0 bridgehead atoms. The van der Waals surface area contributed by atoms with E-state index in [1.54, 1.807) is 6.92 Å². The van der Waals surface area contributed by atoms with Crippen molar-refractivity contribution in [3.8, 4) is 11.5 Å². The smallest absolute Gasteiger partial charge is 0.310 e. The van der Waals surface area contributed by atoms with Crippen molar-refractivity contribution >= 4 is 16.0 Å². The number of sulfonamides is 1. The van der Waals surface area contributed by atoms with E-state index in [0.717, 1.165) is 19.3 Å². The summed E-state index contributed by atoms with van der Waals surface area (Å²) in [7, 11) is -0.813. The van der Waals surface area contributed by atoms with Gasteiger partial charge in [-0.25, -0.2) is 8.42 Å². The van der Waals surface area contributed by atoms with E-state index < -0.39 is 16.0 Å². The number of methoxy groups -OCH3 is 2. The van der Waals surface area contributed by atoms with Crippen molar-refractivity contribution in [3.05, 3.63) is 17.7 Å². The Morgan fingerprint density at radius 3 is 2.24 bits per heavy atom. The Labute approximate surface area is 148 Å². The highest BCUT2D eigenvalue weighted by Crippen LogP contribution is 2.35. The van der Waals surface area contributed by atoms with Gasteiger partial charge in [-0.15, -0.1) is 0 Å². The Hall–Kier alpha value is -1.80. The molecule has 0 spiro atoms. The second-order valence-electron chi connectivity index (χ2n) is 5.76. The Bertz CT molecular complexity index is 710. The lowest BCUT2D eigenvalue weighted by atomic mass is 10.1. The van der Waals surface area contributed by atoms with Crippen LogP contribution >= 0.6 is 0 Å². The van der Waals surface area contributed by atoms with Gasteiger partial charge in [0.2, 0.25) is 10.0 Å². The number of piperidine rings is 1. The van der Waals surface area contributed by atoms with Gasteiger partial charge in [0.25, 0.3) is 0 Å². The zero-order chi connectivity index (χ0) is 18.4. The third-order valence-electron chi connectivity index (χ3n) is 4.14. The molecule has 0 radical (unpaired) electrons. The summed E-state index contributed by atoms with van der Waals surface area (Å²) in [4.78, 5) is 12.0. The monoisotopic (exact) mass is 371 g/mol. The number of hydrogen-bond donors (Lipinski definition) is 0. The first kappa shape index (κ1) is 19.5. The summed E-state index contributed by atoms with van der Waals surface area (Å²) in [6.07, 6.45) is 2.55. The number of carbonyl (C=O) groups excluding carboxylic acids is 1. The van der Waals surface area contributed by atoms with Gasteiger partial charge in [-0.05, 0) is 31.4 Å². The SMILES string of the molecule is CCOC(=O)Cc1cc(OC)c(OC)cc1S(=O)(=O)N1CCCCC1. The maximum absolute atomic E-state index is 13.1. The van der Waals surface area contributed by atoms with Crippen molar-refractivity contribution in [1.29, 1.82) is 0 Å². The van der Waals surface area contributed by atoms with Crippen molar-refractivity contribution in [2.24, 2.45) is 0 Å². The highest BCUT2D eigenvalue weighted by atomic mass is 32.2. The molecular weight excluding hydrogens is 346 g/mol. The molecule has 8 heteroatoms. The molecule has 1 aromatic rings. The fourth-order valence-corrected chi connectivity index (χ4v) is 4.63. The van der Waals surface area contributed by atoms with Crippen LogP contribution in [0.4, 0.5) is 0 Å². The van der Waals surface area contributed by atoms with E-state index in [1.165, 1.54) is 30.7 Å². The highest BCUT2D eigenvalue weighted by Gasteiger charge is 2.30. The maximum atomic E-state index is 13.1. The van der Waals surface area contributed by atoms with Crippen molar-refractivity contribution in [1.82, 2.24) is 4.31 Å². The van der Waals surface area contributed by atoms with Crippen LogP contribution in [0.3, 0.4) is 0 Å². The van der Waals surface area contributed by atoms with Crippen LogP contribution in [0.2, 0.25) is 0 Å². The average molecular weight is 371 g/mol. The first-order valence-electron chi connectivity index (χ1n) is 8.34. The summed E-state index contributed by atoms with van der Waals surface area (Å²) < 4.78 is 43.1. The second kappa shape index (κ2) is 8.53. The molecule has 0 N–H and O–H groups in total. The van der Waals surface area contributed by atoms with Crippen molar-refractivity contribution in [2.75, 3.05) is 33.9 Å². The van der Waals surface area contributed by atoms with Crippen LogP contribution in [-0.4, -0.2) is 52.6 Å². The van der Waals surface area contributed by atoms with Gasteiger partial charge < -0.3 is 14.2 Å². The van der Waals surface area contributed by atoms with E-state index in [9.17, 15) is 13.2 Å². The Kier molecular flexibility index (Phi) is 6.66. The van der Waals surface area contributed by atoms with Gasteiger partial charge in [0.1, 0.15) is 0 Å². The molecule has 25 heavy (non-hydrogen) atoms. The number of benzene rings is 1. The molecule has 1 aromatic carbocycles. The molecule has 7 nitrogen and oxygen atoms in total. The molecule has 1 saturated heterocycles. The number of esters is 1. The van der Waals surface area contributed by atoms with Crippen molar-refractivity contribution < 1.29 is 27.4 Å². The van der Waals surface area contributed by atoms with E-state index in [4.69, 9.17) is 14.2 Å². The van der Waals surface area contributed by atoms with Gasteiger partial charge >= 0.3 is 5.97 Å². The summed E-state index contributed by atoms with van der Waals surface area (Å²) in [5.41, 5.74) is 0.349. The highest BCUT2D eigenvalue weighted by molar-refractivity contribution is 7.89. The summed E-state index contributed by atoms with van der Waals surface area (Å²) >= 11 is 0. The number of rotatable bonds is 7. The first-order valence-corrected chi connectivity index (χ1v) is 9.78. The molecule has 0 atom stereocenters. The van der Waals surface area contributed by atoms with Crippen LogP contribution in [0.15, 0.2) is 17.0 Å². The Balaban J connectivity index is 2.50. The van der Waals surface area contributed by atoms with Gasteiger partial charge in [0, 0.05) is 19.2 Å². The van der Waals surface area contributed by atoms with Gasteiger partial charge in [0.05, 0.1) is 32.1 Å². The zero-order valence-electron chi connectivity index (χ0n) is 14.9.